The summed E-state index contributed by atoms with van der Waals surface area (Å²) in [4.78, 5) is 7.69. The van der Waals surface area contributed by atoms with Crippen LogP contribution in [0.1, 0.15) is 49.9 Å². The lowest BCUT2D eigenvalue weighted by atomic mass is 9.72. The van der Waals surface area contributed by atoms with E-state index in [2.05, 4.69) is 92.4 Å². The second-order valence-electron chi connectivity index (χ2n) is 10.7. The summed E-state index contributed by atoms with van der Waals surface area (Å²) in [5, 5.41) is 10.3. The van der Waals surface area contributed by atoms with Crippen LogP contribution in [0, 0.1) is 0 Å². The number of benzene rings is 2. The van der Waals surface area contributed by atoms with Crippen molar-refractivity contribution in [1.82, 2.24) is 24.5 Å². The quantitative estimate of drug-likeness (QED) is 0.332. The van der Waals surface area contributed by atoms with Gasteiger partial charge in [0.15, 0.2) is 11.5 Å². The molecule has 1 aliphatic heterocycles. The van der Waals surface area contributed by atoms with Gasteiger partial charge in [-0.3, -0.25) is 9.30 Å². The first-order chi connectivity index (χ1) is 18.2. The molecule has 5 aromatic rings. The maximum Gasteiger partial charge on any atom is 0.170 e. The largest absolute Gasteiger partial charge is 0.321 e. The summed E-state index contributed by atoms with van der Waals surface area (Å²) in [6.45, 7) is 3.10. The standard InChI is InChI=1S/C31H32N6/c32-31(15-7-16-31)24-12-10-23(11-13-24)29-25(22-8-3-1-4-9-22)20-26-27(33-29)14-19-37-28(34-35-30(26)37)21-36-17-5-2-6-18-36/h1,3-4,8-14,19-20H,2,5-7,15-18,21,32H2. The van der Waals surface area contributed by atoms with Crippen molar-refractivity contribution in [2.45, 2.75) is 50.6 Å². The first-order valence-electron chi connectivity index (χ1n) is 13.5. The third kappa shape index (κ3) is 4.01. The molecule has 1 saturated heterocycles. The lowest BCUT2D eigenvalue weighted by Crippen LogP contribution is -2.43. The monoisotopic (exact) mass is 488 g/mol. The zero-order valence-corrected chi connectivity index (χ0v) is 21.1. The minimum Gasteiger partial charge on any atom is -0.321 e. The fraction of sp³-hybridized carbons (Fsp3) is 0.323. The van der Waals surface area contributed by atoms with Crippen molar-refractivity contribution >= 4 is 16.6 Å². The van der Waals surface area contributed by atoms with Crippen molar-refractivity contribution in [3.63, 3.8) is 0 Å². The van der Waals surface area contributed by atoms with Crippen LogP contribution < -0.4 is 5.73 Å². The van der Waals surface area contributed by atoms with E-state index in [-0.39, 0.29) is 5.54 Å². The summed E-state index contributed by atoms with van der Waals surface area (Å²) < 4.78 is 2.14. The molecule has 6 nitrogen and oxygen atoms in total. The summed E-state index contributed by atoms with van der Waals surface area (Å²) in [7, 11) is 0. The molecule has 0 amide bonds. The van der Waals surface area contributed by atoms with Gasteiger partial charge in [-0.2, -0.15) is 0 Å². The minimum atomic E-state index is -0.164. The zero-order valence-electron chi connectivity index (χ0n) is 21.1. The summed E-state index contributed by atoms with van der Waals surface area (Å²) in [6.07, 6.45) is 9.26. The van der Waals surface area contributed by atoms with Gasteiger partial charge in [0.25, 0.3) is 0 Å². The maximum absolute atomic E-state index is 6.59. The number of rotatable bonds is 5. The molecule has 1 aliphatic carbocycles. The van der Waals surface area contributed by atoms with E-state index in [0.29, 0.717) is 0 Å². The van der Waals surface area contributed by atoms with E-state index in [1.54, 1.807) is 0 Å². The van der Waals surface area contributed by atoms with Crippen LogP contribution in [0.5, 0.6) is 0 Å². The van der Waals surface area contributed by atoms with Gasteiger partial charge >= 0.3 is 0 Å². The van der Waals surface area contributed by atoms with Crippen molar-refractivity contribution in [3.8, 4) is 22.4 Å². The van der Waals surface area contributed by atoms with Crippen LogP contribution in [-0.4, -0.2) is 37.6 Å². The first-order valence-corrected chi connectivity index (χ1v) is 13.5. The number of fused-ring (bicyclic) bond motifs is 3. The lowest BCUT2D eigenvalue weighted by molar-refractivity contribution is 0.215. The smallest absolute Gasteiger partial charge is 0.170 e. The van der Waals surface area contributed by atoms with Crippen LogP contribution in [0.15, 0.2) is 72.9 Å². The zero-order chi connectivity index (χ0) is 24.8. The average molecular weight is 489 g/mol. The molecule has 4 heterocycles. The fourth-order valence-corrected chi connectivity index (χ4v) is 5.93. The molecule has 0 atom stereocenters. The van der Waals surface area contributed by atoms with E-state index in [1.165, 1.54) is 31.2 Å². The Morgan fingerprint density at radius 2 is 1.59 bits per heavy atom. The lowest BCUT2D eigenvalue weighted by Gasteiger charge is -2.38. The van der Waals surface area contributed by atoms with Crippen LogP contribution in [0.3, 0.4) is 0 Å². The second kappa shape index (κ2) is 9.05. The number of likely N-dealkylation sites (tertiary alicyclic amines) is 1. The molecule has 0 radical (unpaired) electrons. The predicted octanol–water partition coefficient (Wildman–Crippen LogP) is 5.94. The van der Waals surface area contributed by atoms with Gasteiger partial charge in [-0.15, -0.1) is 10.2 Å². The van der Waals surface area contributed by atoms with Gasteiger partial charge in [-0.1, -0.05) is 61.0 Å². The topological polar surface area (TPSA) is 72.3 Å². The molecule has 186 valence electrons. The number of pyridine rings is 2. The molecule has 0 bridgehead atoms. The normalized spacial score (nSPS) is 17.8. The van der Waals surface area contributed by atoms with E-state index in [0.717, 1.165) is 77.2 Å². The highest BCUT2D eigenvalue weighted by Crippen LogP contribution is 2.40. The molecule has 0 unspecified atom stereocenters. The van der Waals surface area contributed by atoms with Crippen molar-refractivity contribution in [2.75, 3.05) is 13.1 Å². The van der Waals surface area contributed by atoms with Gasteiger partial charge in [0.05, 0.1) is 17.8 Å². The predicted molar refractivity (Wildman–Crippen MR) is 148 cm³/mol. The minimum absolute atomic E-state index is 0.164. The summed E-state index contributed by atoms with van der Waals surface area (Å²) in [5.41, 5.74) is 13.7. The van der Waals surface area contributed by atoms with E-state index in [4.69, 9.17) is 10.7 Å². The molecule has 2 aromatic carbocycles. The molecule has 3 aromatic heterocycles. The van der Waals surface area contributed by atoms with Gasteiger partial charge in [0.2, 0.25) is 0 Å². The molecule has 6 heteroatoms. The number of nitrogens with zero attached hydrogens (tertiary/aromatic N) is 5. The number of nitrogens with two attached hydrogens (primary N) is 1. The van der Waals surface area contributed by atoms with Crippen LogP contribution in [0.2, 0.25) is 0 Å². The Bertz CT molecular complexity index is 1560. The molecular weight excluding hydrogens is 456 g/mol. The molecule has 2 fully saturated rings. The van der Waals surface area contributed by atoms with Crippen LogP contribution in [0.25, 0.3) is 38.9 Å². The Labute approximate surface area is 217 Å². The summed E-state index contributed by atoms with van der Waals surface area (Å²) in [5.74, 6) is 0.992. The molecule has 7 rings (SSSR count). The number of hydrogen-bond acceptors (Lipinski definition) is 5. The highest BCUT2D eigenvalue weighted by molar-refractivity contribution is 5.98. The maximum atomic E-state index is 6.59. The number of piperidine rings is 1. The Balaban J connectivity index is 1.34. The van der Waals surface area contributed by atoms with Crippen molar-refractivity contribution < 1.29 is 0 Å². The second-order valence-corrected chi connectivity index (χ2v) is 10.7. The van der Waals surface area contributed by atoms with E-state index >= 15 is 0 Å². The number of aromatic nitrogens is 4. The Kier molecular flexibility index (Phi) is 5.52. The van der Waals surface area contributed by atoms with E-state index in [1.807, 2.05) is 0 Å². The third-order valence-corrected chi connectivity index (χ3v) is 8.32. The van der Waals surface area contributed by atoms with Crippen LogP contribution >= 0.6 is 0 Å². The SMILES string of the molecule is NC1(c2ccc(-c3nc4ccn5c(CN6CCCCC6)nnc5c4cc3-c3ccccc3)cc2)CCC1. The third-order valence-electron chi connectivity index (χ3n) is 8.32. The van der Waals surface area contributed by atoms with Crippen molar-refractivity contribution in [1.29, 1.82) is 0 Å². The summed E-state index contributed by atoms with van der Waals surface area (Å²) in [6, 6.07) is 23.6. The van der Waals surface area contributed by atoms with Crippen molar-refractivity contribution in [2.24, 2.45) is 5.73 Å². The van der Waals surface area contributed by atoms with Gasteiger partial charge in [-0.05, 0) is 68.5 Å². The molecule has 0 spiro atoms. The highest BCUT2D eigenvalue weighted by Gasteiger charge is 2.34. The van der Waals surface area contributed by atoms with Crippen molar-refractivity contribution in [3.05, 3.63) is 84.3 Å². The van der Waals surface area contributed by atoms with E-state index < -0.39 is 0 Å². The van der Waals surface area contributed by atoms with E-state index in [9.17, 15) is 0 Å². The van der Waals surface area contributed by atoms with Gasteiger partial charge < -0.3 is 5.73 Å². The first kappa shape index (κ1) is 22.6. The van der Waals surface area contributed by atoms with Gasteiger partial charge in [0, 0.05) is 28.2 Å². The molecule has 2 N–H and O–H groups in total. The Morgan fingerprint density at radius 3 is 2.32 bits per heavy atom. The highest BCUT2D eigenvalue weighted by atomic mass is 15.3. The molecular formula is C31H32N6. The number of hydrogen-bond donors (Lipinski definition) is 1. The fourth-order valence-electron chi connectivity index (χ4n) is 5.93. The summed E-state index contributed by atoms with van der Waals surface area (Å²) >= 11 is 0. The van der Waals surface area contributed by atoms with Gasteiger partial charge in [0.1, 0.15) is 0 Å². The molecule has 37 heavy (non-hydrogen) atoms. The van der Waals surface area contributed by atoms with Crippen LogP contribution in [0.4, 0.5) is 0 Å². The van der Waals surface area contributed by atoms with Crippen LogP contribution in [-0.2, 0) is 12.1 Å². The average Bonchev–Trinajstić information content (AvgIpc) is 3.35. The Hall–Kier alpha value is -3.61. The van der Waals surface area contributed by atoms with Gasteiger partial charge in [-0.25, -0.2) is 4.98 Å². The Morgan fingerprint density at radius 1 is 0.811 bits per heavy atom. The molecule has 1 saturated carbocycles. The molecule has 2 aliphatic rings.